The van der Waals surface area contributed by atoms with Crippen LogP contribution in [0.2, 0.25) is 5.02 Å². The molecule has 1 aliphatic carbocycles. The second-order valence-corrected chi connectivity index (χ2v) is 9.22. The lowest BCUT2D eigenvalue weighted by molar-refractivity contribution is -0.156. The van der Waals surface area contributed by atoms with E-state index in [2.05, 4.69) is 0 Å². The van der Waals surface area contributed by atoms with E-state index < -0.39 is 11.6 Å². The molecule has 4 nitrogen and oxygen atoms in total. The molecule has 0 unspecified atom stereocenters. The van der Waals surface area contributed by atoms with Crippen molar-refractivity contribution in [1.82, 2.24) is 0 Å². The standard InChI is InChI=1S/C25H25ClO4/c1-16-3-4-18(17-5-7-19(26)8-6-17)15-20(16)21-22(27)25(30-23(21)28)12-10-24(11-13-25)9-2-14-29-24/h3-8,15,27H,2,9-14H2,1H3. The van der Waals surface area contributed by atoms with Gasteiger partial charge in [0.1, 0.15) is 5.57 Å². The number of hydrogen-bond donors (Lipinski definition) is 1. The van der Waals surface area contributed by atoms with Gasteiger partial charge in [0.05, 0.1) is 5.60 Å². The highest BCUT2D eigenvalue weighted by atomic mass is 35.5. The number of rotatable bonds is 2. The van der Waals surface area contributed by atoms with E-state index in [1.165, 1.54) is 0 Å². The van der Waals surface area contributed by atoms with Crippen LogP contribution in [0.25, 0.3) is 16.7 Å². The van der Waals surface area contributed by atoms with Gasteiger partial charge in [-0.2, -0.15) is 0 Å². The number of halogens is 1. The van der Waals surface area contributed by atoms with E-state index in [1.54, 1.807) is 0 Å². The molecule has 2 aromatic rings. The number of esters is 1. The Balaban J connectivity index is 1.51. The molecule has 30 heavy (non-hydrogen) atoms. The first-order valence-electron chi connectivity index (χ1n) is 10.6. The van der Waals surface area contributed by atoms with Gasteiger partial charge >= 0.3 is 5.97 Å². The maximum absolute atomic E-state index is 12.9. The van der Waals surface area contributed by atoms with E-state index in [0.29, 0.717) is 23.4 Å². The predicted octanol–water partition coefficient (Wildman–Crippen LogP) is 6.00. The number of hydrogen-bond acceptors (Lipinski definition) is 4. The monoisotopic (exact) mass is 424 g/mol. The molecule has 2 spiro atoms. The summed E-state index contributed by atoms with van der Waals surface area (Å²) in [6.07, 6.45) is 4.95. The Morgan fingerprint density at radius 1 is 0.967 bits per heavy atom. The molecule has 0 radical (unpaired) electrons. The number of aliphatic hydroxyl groups excluding tert-OH is 1. The number of benzene rings is 2. The number of aliphatic hydroxyl groups is 1. The second kappa shape index (κ2) is 7.14. The van der Waals surface area contributed by atoms with Gasteiger partial charge in [0.15, 0.2) is 11.4 Å². The van der Waals surface area contributed by atoms with E-state index in [4.69, 9.17) is 21.1 Å². The Labute approximate surface area is 181 Å². The molecule has 5 rings (SSSR count). The zero-order valence-corrected chi connectivity index (χ0v) is 17.8. The predicted molar refractivity (Wildman–Crippen MR) is 116 cm³/mol. The molecule has 1 saturated carbocycles. The molecule has 3 aliphatic rings. The molecule has 2 fully saturated rings. The molecule has 0 bridgehead atoms. The number of aryl methyl sites for hydroxylation is 1. The minimum Gasteiger partial charge on any atom is -0.507 e. The summed E-state index contributed by atoms with van der Waals surface area (Å²) in [5.74, 6) is -0.358. The van der Waals surface area contributed by atoms with E-state index in [1.807, 2.05) is 49.4 Å². The normalized spacial score (nSPS) is 28.5. The van der Waals surface area contributed by atoms with Crippen LogP contribution in [0.5, 0.6) is 0 Å². The van der Waals surface area contributed by atoms with Crippen LogP contribution >= 0.6 is 11.6 Å². The van der Waals surface area contributed by atoms with Crippen molar-refractivity contribution < 1.29 is 19.4 Å². The maximum Gasteiger partial charge on any atom is 0.343 e. The fraction of sp³-hybridized carbons (Fsp3) is 0.400. The molecular weight excluding hydrogens is 400 g/mol. The third kappa shape index (κ3) is 3.14. The van der Waals surface area contributed by atoms with Crippen LogP contribution in [0.4, 0.5) is 0 Å². The van der Waals surface area contributed by atoms with Gasteiger partial charge < -0.3 is 14.6 Å². The zero-order valence-electron chi connectivity index (χ0n) is 17.0. The van der Waals surface area contributed by atoms with Gasteiger partial charge in [-0.1, -0.05) is 35.9 Å². The fourth-order valence-corrected chi connectivity index (χ4v) is 5.28. The molecular formula is C25H25ClO4. The minimum absolute atomic E-state index is 0.0803. The average molecular weight is 425 g/mol. The number of carbonyl (C=O) groups is 1. The van der Waals surface area contributed by atoms with Crippen LogP contribution in [0.1, 0.15) is 49.7 Å². The van der Waals surface area contributed by atoms with Crippen molar-refractivity contribution in [1.29, 1.82) is 0 Å². The summed E-state index contributed by atoms with van der Waals surface area (Å²) in [5, 5.41) is 11.9. The summed E-state index contributed by atoms with van der Waals surface area (Å²) in [6, 6.07) is 13.5. The van der Waals surface area contributed by atoms with Crippen LogP contribution in [0, 0.1) is 6.92 Å². The van der Waals surface area contributed by atoms with Crippen molar-refractivity contribution in [3.8, 4) is 11.1 Å². The minimum atomic E-state index is -0.910. The molecule has 2 aliphatic heterocycles. The number of ether oxygens (including phenoxy) is 2. The van der Waals surface area contributed by atoms with Gasteiger partial charge in [0.2, 0.25) is 0 Å². The van der Waals surface area contributed by atoms with Crippen LogP contribution in [-0.4, -0.2) is 28.9 Å². The van der Waals surface area contributed by atoms with E-state index in [0.717, 1.165) is 54.5 Å². The Hall–Kier alpha value is -2.30. The summed E-state index contributed by atoms with van der Waals surface area (Å²) < 4.78 is 11.9. The van der Waals surface area contributed by atoms with Gasteiger partial charge in [-0.05, 0) is 85.9 Å². The summed E-state index contributed by atoms with van der Waals surface area (Å²) in [7, 11) is 0. The Morgan fingerprint density at radius 2 is 1.67 bits per heavy atom. The SMILES string of the molecule is Cc1ccc(-c2ccc(Cl)cc2)cc1C1=C(O)C2(CCC3(CCCO3)CC2)OC1=O. The first-order valence-corrected chi connectivity index (χ1v) is 11.0. The quantitative estimate of drug-likeness (QED) is 0.600. The van der Waals surface area contributed by atoms with Crippen LogP contribution in [0.15, 0.2) is 48.2 Å². The Kier molecular flexibility index (Phi) is 4.68. The molecule has 0 amide bonds. The molecule has 0 aromatic heterocycles. The van der Waals surface area contributed by atoms with Crippen LogP contribution in [-0.2, 0) is 14.3 Å². The summed E-state index contributed by atoms with van der Waals surface area (Å²) in [4.78, 5) is 12.9. The molecule has 5 heteroatoms. The van der Waals surface area contributed by atoms with Crippen LogP contribution < -0.4 is 0 Å². The third-order valence-electron chi connectivity index (χ3n) is 7.00. The van der Waals surface area contributed by atoms with Crippen molar-refractivity contribution >= 4 is 23.1 Å². The summed E-state index contributed by atoms with van der Waals surface area (Å²) >= 11 is 6.01. The first kappa shape index (κ1) is 19.7. The van der Waals surface area contributed by atoms with Gasteiger partial charge in [-0.25, -0.2) is 4.79 Å². The van der Waals surface area contributed by atoms with Gasteiger partial charge in [0.25, 0.3) is 0 Å². The Morgan fingerprint density at radius 3 is 2.33 bits per heavy atom. The summed E-state index contributed by atoms with van der Waals surface area (Å²) in [5.41, 5.74) is 2.90. The smallest absolute Gasteiger partial charge is 0.343 e. The highest BCUT2D eigenvalue weighted by molar-refractivity contribution is 6.30. The molecule has 1 saturated heterocycles. The van der Waals surface area contributed by atoms with Crippen molar-refractivity contribution in [2.45, 2.75) is 56.7 Å². The lowest BCUT2D eigenvalue weighted by atomic mass is 9.73. The van der Waals surface area contributed by atoms with Gasteiger partial charge in [0, 0.05) is 11.6 Å². The largest absolute Gasteiger partial charge is 0.507 e. The molecule has 0 atom stereocenters. The highest BCUT2D eigenvalue weighted by Gasteiger charge is 2.54. The highest BCUT2D eigenvalue weighted by Crippen LogP contribution is 2.51. The third-order valence-corrected chi connectivity index (χ3v) is 7.25. The molecule has 2 aromatic carbocycles. The first-order chi connectivity index (χ1) is 14.4. The van der Waals surface area contributed by atoms with E-state index in [-0.39, 0.29) is 11.4 Å². The molecule has 2 heterocycles. The van der Waals surface area contributed by atoms with Gasteiger partial charge in [-0.15, -0.1) is 0 Å². The van der Waals surface area contributed by atoms with Crippen molar-refractivity contribution in [3.63, 3.8) is 0 Å². The van der Waals surface area contributed by atoms with Crippen molar-refractivity contribution in [2.75, 3.05) is 6.61 Å². The maximum atomic E-state index is 12.9. The fourth-order valence-electron chi connectivity index (χ4n) is 5.15. The molecule has 156 valence electrons. The second-order valence-electron chi connectivity index (χ2n) is 8.78. The summed E-state index contributed by atoms with van der Waals surface area (Å²) in [6.45, 7) is 2.75. The van der Waals surface area contributed by atoms with Crippen LogP contribution in [0.3, 0.4) is 0 Å². The van der Waals surface area contributed by atoms with Crippen molar-refractivity contribution in [2.24, 2.45) is 0 Å². The number of carbonyl (C=O) groups excluding carboxylic acids is 1. The van der Waals surface area contributed by atoms with E-state index in [9.17, 15) is 9.90 Å². The van der Waals surface area contributed by atoms with Crippen molar-refractivity contribution in [3.05, 3.63) is 64.4 Å². The topological polar surface area (TPSA) is 55.8 Å². The average Bonchev–Trinajstić information content (AvgIpc) is 3.29. The molecule has 1 N–H and O–H groups in total. The lowest BCUT2D eigenvalue weighted by Crippen LogP contribution is -2.44. The zero-order chi connectivity index (χ0) is 20.9. The van der Waals surface area contributed by atoms with E-state index >= 15 is 0 Å². The van der Waals surface area contributed by atoms with Gasteiger partial charge in [-0.3, -0.25) is 0 Å². The Bertz CT molecular complexity index is 1020. The lowest BCUT2D eigenvalue weighted by Gasteiger charge is -2.41.